The number of rotatable bonds is 10. The summed E-state index contributed by atoms with van der Waals surface area (Å²) in [5.74, 6) is 0.268. The van der Waals surface area contributed by atoms with Gasteiger partial charge in [-0.05, 0) is 67.8 Å². The average Bonchev–Trinajstić information content (AvgIpc) is 3.04. The van der Waals surface area contributed by atoms with E-state index in [-0.39, 0.29) is 37.5 Å². The van der Waals surface area contributed by atoms with E-state index >= 15 is 0 Å². The fraction of sp³-hybridized carbons (Fsp3) is 0.364. The Morgan fingerprint density at radius 3 is 2.58 bits per heavy atom. The van der Waals surface area contributed by atoms with E-state index in [1.807, 2.05) is 6.07 Å². The van der Waals surface area contributed by atoms with Gasteiger partial charge in [0.2, 0.25) is 10.0 Å². The number of fused-ring (bicyclic) bond motifs is 1. The van der Waals surface area contributed by atoms with Crippen molar-refractivity contribution in [1.29, 1.82) is 0 Å². The summed E-state index contributed by atoms with van der Waals surface area (Å²) in [6.07, 6.45) is 0.450. The van der Waals surface area contributed by atoms with Crippen LogP contribution in [-0.2, 0) is 10.0 Å². The van der Waals surface area contributed by atoms with Crippen LogP contribution in [0.15, 0.2) is 47.5 Å². The Morgan fingerprint density at radius 1 is 1.23 bits per heavy atom. The summed E-state index contributed by atoms with van der Waals surface area (Å²) in [5.41, 5.74) is 0.00153. The first-order valence-corrected chi connectivity index (χ1v) is 11.9. The van der Waals surface area contributed by atoms with Crippen LogP contribution in [0.25, 0.3) is 5.57 Å². The molecule has 31 heavy (non-hydrogen) atoms. The van der Waals surface area contributed by atoms with Gasteiger partial charge in [0.25, 0.3) is 0 Å². The zero-order chi connectivity index (χ0) is 22.6. The second kappa shape index (κ2) is 9.48. The number of hydrogen-bond acceptors (Lipinski definition) is 6. The fourth-order valence-electron chi connectivity index (χ4n) is 3.66. The van der Waals surface area contributed by atoms with Crippen LogP contribution in [0.5, 0.6) is 5.75 Å². The highest BCUT2D eigenvalue weighted by Gasteiger charge is 2.40. The van der Waals surface area contributed by atoms with E-state index in [2.05, 4.69) is 4.72 Å². The SMILES string of the molecule is COc1ccc2c(c1)=C(CCNS(=O)(=O)CCCO)C(C)(C(=O)c1ccc(Cl)cc1)N=2. The molecule has 1 aliphatic rings. The molecule has 0 spiro atoms. The van der Waals surface area contributed by atoms with Gasteiger partial charge < -0.3 is 9.84 Å². The second-order valence-electron chi connectivity index (χ2n) is 7.42. The molecular weight excluding hydrogens is 440 g/mol. The maximum Gasteiger partial charge on any atom is 0.211 e. The highest BCUT2D eigenvalue weighted by molar-refractivity contribution is 7.89. The maximum atomic E-state index is 13.5. The Kier molecular flexibility index (Phi) is 7.16. The number of sulfonamides is 1. The molecule has 1 atom stereocenters. The average molecular weight is 465 g/mol. The van der Waals surface area contributed by atoms with Gasteiger partial charge in [0.05, 0.1) is 18.2 Å². The molecule has 0 amide bonds. The molecule has 9 heteroatoms. The van der Waals surface area contributed by atoms with Gasteiger partial charge in [-0.2, -0.15) is 0 Å². The molecule has 3 rings (SSSR count). The van der Waals surface area contributed by atoms with Gasteiger partial charge in [-0.25, -0.2) is 13.1 Å². The third kappa shape index (κ3) is 5.15. The van der Waals surface area contributed by atoms with Crippen molar-refractivity contribution in [3.63, 3.8) is 0 Å². The Labute approximate surface area is 186 Å². The number of carbonyl (C=O) groups excluding carboxylic acids is 1. The van der Waals surface area contributed by atoms with E-state index in [1.165, 1.54) is 0 Å². The Hall–Kier alpha value is -2.26. The van der Waals surface area contributed by atoms with Crippen molar-refractivity contribution < 1.29 is 23.1 Å². The number of hydrogen-bond donors (Lipinski definition) is 2. The molecule has 0 aromatic heterocycles. The molecule has 1 unspecified atom stereocenters. The first kappa shape index (κ1) is 23.4. The van der Waals surface area contributed by atoms with E-state index in [0.717, 1.165) is 5.22 Å². The molecule has 2 aromatic rings. The standard InChI is InChI=1S/C22H25ClN2O5S/c1-22(21(27)15-4-6-16(23)7-5-15)19(10-11-24-31(28,29)13-3-12-26)18-14-17(30-2)8-9-20(18)25-22/h4-9,14,24,26H,3,10-13H2,1-2H3. The topological polar surface area (TPSA) is 105 Å². The molecule has 0 saturated heterocycles. The van der Waals surface area contributed by atoms with Crippen LogP contribution >= 0.6 is 11.6 Å². The summed E-state index contributed by atoms with van der Waals surface area (Å²) < 4.78 is 32.1. The minimum Gasteiger partial charge on any atom is -0.497 e. The number of nitrogens with one attached hydrogen (secondary N) is 1. The minimum absolute atomic E-state index is 0.110. The third-order valence-corrected chi connectivity index (χ3v) is 7.00. The Balaban J connectivity index is 1.98. The van der Waals surface area contributed by atoms with Crippen molar-refractivity contribution in [3.05, 3.63) is 63.6 Å². The molecule has 0 fully saturated rings. The number of aliphatic hydroxyl groups excluding tert-OH is 1. The lowest BCUT2D eigenvalue weighted by molar-refractivity contribution is 0.0936. The number of halogens is 1. The van der Waals surface area contributed by atoms with E-state index in [9.17, 15) is 13.2 Å². The lowest BCUT2D eigenvalue weighted by Crippen LogP contribution is -2.37. The van der Waals surface area contributed by atoms with Crippen molar-refractivity contribution in [2.24, 2.45) is 4.99 Å². The molecule has 166 valence electrons. The lowest BCUT2D eigenvalue weighted by atomic mass is 9.83. The van der Waals surface area contributed by atoms with Gasteiger partial charge in [-0.15, -0.1) is 0 Å². The first-order chi connectivity index (χ1) is 14.7. The van der Waals surface area contributed by atoms with Gasteiger partial charge in [0.1, 0.15) is 11.3 Å². The van der Waals surface area contributed by atoms with Crippen LogP contribution < -0.4 is 20.0 Å². The third-order valence-electron chi connectivity index (χ3n) is 5.28. The molecule has 1 aliphatic heterocycles. The number of ether oxygens (including phenoxy) is 1. The van der Waals surface area contributed by atoms with E-state index < -0.39 is 15.6 Å². The van der Waals surface area contributed by atoms with E-state index in [1.54, 1.807) is 50.4 Å². The van der Waals surface area contributed by atoms with Crippen LogP contribution in [0.4, 0.5) is 0 Å². The van der Waals surface area contributed by atoms with Crippen molar-refractivity contribution in [2.45, 2.75) is 25.3 Å². The number of methoxy groups -OCH3 is 1. The maximum absolute atomic E-state index is 13.5. The number of benzene rings is 2. The smallest absolute Gasteiger partial charge is 0.211 e. The molecule has 0 bridgehead atoms. The number of Topliss-reactive ketones (excluding diaryl/α,β-unsaturated/α-hetero) is 1. The molecule has 0 radical (unpaired) electrons. The summed E-state index contributed by atoms with van der Waals surface area (Å²) in [6.45, 7) is 1.66. The molecule has 0 aliphatic carbocycles. The Morgan fingerprint density at radius 2 is 1.94 bits per heavy atom. The molecular formula is C22H25ClN2O5S. The highest BCUT2D eigenvalue weighted by Crippen LogP contribution is 2.31. The van der Waals surface area contributed by atoms with Gasteiger partial charge in [-0.1, -0.05) is 11.6 Å². The van der Waals surface area contributed by atoms with Gasteiger partial charge >= 0.3 is 0 Å². The summed E-state index contributed by atoms with van der Waals surface area (Å²) in [5, 5.41) is 10.8. The molecule has 0 saturated carbocycles. The first-order valence-electron chi connectivity index (χ1n) is 9.86. The molecule has 2 N–H and O–H groups in total. The quantitative estimate of drug-likeness (QED) is 0.518. The zero-order valence-corrected chi connectivity index (χ0v) is 19.0. The van der Waals surface area contributed by atoms with E-state index in [0.29, 0.717) is 27.3 Å². The highest BCUT2D eigenvalue weighted by atomic mass is 35.5. The van der Waals surface area contributed by atoms with Crippen molar-refractivity contribution >= 4 is 33.0 Å². The number of nitrogens with zero attached hydrogens (tertiary/aromatic N) is 1. The molecule has 2 aromatic carbocycles. The van der Waals surface area contributed by atoms with Gasteiger partial charge in [-0.3, -0.25) is 9.79 Å². The zero-order valence-electron chi connectivity index (χ0n) is 17.4. The summed E-state index contributed by atoms with van der Waals surface area (Å²) in [6, 6.07) is 12.0. The minimum atomic E-state index is -3.52. The Bertz CT molecular complexity index is 1200. The summed E-state index contributed by atoms with van der Waals surface area (Å²) >= 11 is 5.96. The van der Waals surface area contributed by atoms with Gasteiger partial charge in [0, 0.05) is 29.0 Å². The summed E-state index contributed by atoms with van der Waals surface area (Å²) in [4.78, 5) is 18.2. The monoisotopic (exact) mass is 464 g/mol. The van der Waals surface area contributed by atoms with Crippen LogP contribution in [-0.4, -0.2) is 50.9 Å². The van der Waals surface area contributed by atoms with Crippen LogP contribution in [0, 0.1) is 0 Å². The summed E-state index contributed by atoms with van der Waals surface area (Å²) in [7, 11) is -1.96. The van der Waals surface area contributed by atoms with Crippen molar-refractivity contribution in [3.8, 4) is 5.75 Å². The number of ketones is 1. The second-order valence-corrected chi connectivity index (χ2v) is 9.78. The number of aliphatic hydroxyl groups is 1. The molecule has 1 heterocycles. The van der Waals surface area contributed by atoms with Crippen LogP contribution in [0.3, 0.4) is 0 Å². The van der Waals surface area contributed by atoms with Crippen molar-refractivity contribution in [2.75, 3.05) is 26.0 Å². The molecule has 7 nitrogen and oxygen atoms in total. The van der Waals surface area contributed by atoms with Crippen LogP contribution in [0.2, 0.25) is 5.02 Å². The van der Waals surface area contributed by atoms with Crippen LogP contribution in [0.1, 0.15) is 30.1 Å². The van der Waals surface area contributed by atoms with E-state index in [4.69, 9.17) is 26.4 Å². The number of carbonyl (C=O) groups is 1. The normalized spacial score (nSPS) is 17.9. The van der Waals surface area contributed by atoms with Crippen molar-refractivity contribution in [1.82, 2.24) is 4.72 Å². The largest absolute Gasteiger partial charge is 0.497 e. The van der Waals surface area contributed by atoms with Gasteiger partial charge in [0.15, 0.2) is 5.78 Å². The lowest BCUT2D eigenvalue weighted by Gasteiger charge is -2.24. The predicted molar refractivity (Wildman–Crippen MR) is 119 cm³/mol. The predicted octanol–water partition coefficient (Wildman–Crippen LogP) is 1.47. The fourth-order valence-corrected chi connectivity index (χ4v) is 4.85.